The summed E-state index contributed by atoms with van der Waals surface area (Å²) in [5.74, 6) is 1.79. The van der Waals surface area contributed by atoms with Crippen molar-refractivity contribution < 1.29 is 9.47 Å². The summed E-state index contributed by atoms with van der Waals surface area (Å²) < 4.78 is 13.6. The lowest BCUT2D eigenvalue weighted by molar-refractivity contribution is 0.355. The van der Waals surface area contributed by atoms with E-state index < -0.39 is 0 Å². The molecule has 3 aromatic rings. The Kier molecular flexibility index (Phi) is 7.22. The number of nitrogens with zero attached hydrogens (tertiary/aromatic N) is 3. The van der Waals surface area contributed by atoms with E-state index in [1.165, 1.54) is 18.2 Å². The zero-order valence-electron chi connectivity index (χ0n) is 17.7. The summed E-state index contributed by atoms with van der Waals surface area (Å²) in [5.41, 5.74) is 1.14. The number of hydrogen-bond donors (Lipinski definition) is 0. The van der Waals surface area contributed by atoms with Crippen molar-refractivity contribution in [2.45, 2.75) is 38.0 Å². The van der Waals surface area contributed by atoms with Crippen molar-refractivity contribution in [2.75, 3.05) is 14.2 Å². The molecule has 1 saturated carbocycles. The van der Waals surface area contributed by atoms with Crippen LogP contribution in [-0.4, -0.2) is 30.1 Å². The molecule has 1 aromatic heterocycles. The van der Waals surface area contributed by atoms with Crippen molar-refractivity contribution in [3.05, 3.63) is 60.0 Å². The van der Waals surface area contributed by atoms with Crippen LogP contribution in [0.5, 0.6) is 11.5 Å². The quantitative estimate of drug-likeness (QED) is 0.321. The number of halogens is 3. The average molecular weight is 584 g/mol. The zero-order valence-corrected chi connectivity index (χ0v) is 21.6. The smallest absolute Gasteiger partial charge is 0.282 e. The number of hydrogen-bond acceptors (Lipinski definition) is 5. The maximum absolute atomic E-state index is 13.4. The van der Waals surface area contributed by atoms with Crippen molar-refractivity contribution in [2.24, 2.45) is 5.10 Å². The van der Waals surface area contributed by atoms with E-state index >= 15 is 0 Å². The van der Waals surface area contributed by atoms with Gasteiger partial charge in [0.1, 0.15) is 10.8 Å². The van der Waals surface area contributed by atoms with Crippen molar-refractivity contribution in [1.29, 1.82) is 0 Å². The van der Waals surface area contributed by atoms with Crippen LogP contribution in [0, 0.1) is 0 Å². The number of fused-ring (bicyclic) bond motifs is 1. The Morgan fingerprint density at radius 2 is 1.91 bits per heavy atom. The molecule has 1 aliphatic carbocycles. The molecule has 1 fully saturated rings. The molecule has 1 heterocycles. The Balaban J connectivity index is 1.88. The Bertz CT molecular complexity index is 1250. The molecule has 0 atom stereocenters. The van der Waals surface area contributed by atoms with Crippen LogP contribution in [0.25, 0.3) is 10.9 Å². The summed E-state index contributed by atoms with van der Waals surface area (Å²) >= 11 is 13.4. The van der Waals surface area contributed by atoms with E-state index in [2.05, 4.69) is 37.0 Å². The molecule has 0 amide bonds. The fourth-order valence-electron chi connectivity index (χ4n) is 4.06. The first-order valence-electron chi connectivity index (χ1n) is 10.3. The fraction of sp³-hybridized carbons (Fsp3) is 0.348. The normalized spacial score (nSPS) is 14.9. The first kappa shape index (κ1) is 23.3. The minimum absolute atomic E-state index is 0.194. The van der Waals surface area contributed by atoms with Gasteiger partial charge in [0.25, 0.3) is 5.56 Å². The minimum Gasteiger partial charge on any atom is -0.493 e. The molecule has 4 rings (SSSR count). The second-order valence-corrected chi connectivity index (χ2v) is 9.74. The highest BCUT2D eigenvalue weighted by Crippen LogP contribution is 2.41. The van der Waals surface area contributed by atoms with E-state index in [1.54, 1.807) is 25.5 Å². The van der Waals surface area contributed by atoms with Crippen LogP contribution in [0.2, 0.25) is 5.02 Å². The lowest BCUT2D eigenvalue weighted by Crippen LogP contribution is -2.25. The van der Waals surface area contributed by atoms with Gasteiger partial charge in [-0.2, -0.15) is 9.78 Å². The third kappa shape index (κ3) is 4.45. The second-order valence-electron chi connectivity index (χ2n) is 7.66. The van der Waals surface area contributed by atoms with Gasteiger partial charge in [0.2, 0.25) is 0 Å². The monoisotopic (exact) mass is 581 g/mol. The molecule has 9 heteroatoms. The van der Waals surface area contributed by atoms with Gasteiger partial charge < -0.3 is 9.47 Å². The van der Waals surface area contributed by atoms with E-state index in [0.717, 1.165) is 30.2 Å². The molecule has 0 N–H and O–H groups in total. The molecule has 32 heavy (non-hydrogen) atoms. The van der Waals surface area contributed by atoms with Crippen LogP contribution in [-0.2, 0) is 0 Å². The molecule has 6 nitrogen and oxygen atoms in total. The van der Waals surface area contributed by atoms with Crippen LogP contribution in [0.1, 0.15) is 49.4 Å². The zero-order chi connectivity index (χ0) is 22.8. The molecule has 0 unspecified atom stereocenters. The van der Waals surface area contributed by atoms with Crippen LogP contribution in [0.15, 0.2) is 43.1 Å². The molecule has 168 valence electrons. The number of aromatic nitrogens is 2. The standard InChI is InChI=1S/C23H22Br2ClN3O3/c1-31-18-10-14(19(25)20(26)21(18)32-2)12-27-29-22(13-6-4-3-5-7-13)28-17-9-8-15(24)11-16(17)23(29)30/h8-13H,3-7H2,1-2H3. The molecule has 0 radical (unpaired) electrons. The third-order valence-electron chi connectivity index (χ3n) is 5.70. The van der Waals surface area contributed by atoms with Gasteiger partial charge in [-0.3, -0.25) is 4.79 Å². The average Bonchev–Trinajstić information content (AvgIpc) is 2.81. The SMILES string of the molecule is COc1cc(C=Nn2c(C3CCCCC3)nc3ccc(Br)cc3c2=O)c(Br)c(Cl)c1OC. The van der Waals surface area contributed by atoms with Gasteiger partial charge >= 0.3 is 0 Å². The van der Waals surface area contributed by atoms with Gasteiger partial charge in [0, 0.05) is 20.4 Å². The van der Waals surface area contributed by atoms with E-state index in [9.17, 15) is 4.79 Å². The predicted molar refractivity (Wildman–Crippen MR) is 135 cm³/mol. The van der Waals surface area contributed by atoms with Crippen molar-refractivity contribution in [1.82, 2.24) is 9.66 Å². The highest BCUT2D eigenvalue weighted by molar-refractivity contribution is 9.10. The summed E-state index contributed by atoms with van der Waals surface area (Å²) in [4.78, 5) is 18.3. The summed E-state index contributed by atoms with van der Waals surface area (Å²) in [5, 5.41) is 5.46. The molecule has 0 aliphatic heterocycles. The van der Waals surface area contributed by atoms with E-state index in [4.69, 9.17) is 26.1 Å². The van der Waals surface area contributed by atoms with Gasteiger partial charge in [-0.05, 0) is 53.0 Å². The van der Waals surface area contributed by atoms with Gasteiger partial charge in [-0.25, -0.2) is 4.98 Å². The van der Waals surface area contributed by atoms with Crippen LogP contribution < -0.4 is 15.0 Å². The highest BCUT2D eigenvalue weighted by Gasteiger charge is 2.23. The lowest BCUT2D eigenvalue weighted by Gasteiger charge is -2.22. The van der Waals surface area contributed by atoms with Crippen molar-refractivity contribution in [3.8, 4) is 11.5 Å². The van der Waals surface area contributed by atoms with Gasteiger partial charge in [0.05, 0.1) is 31.3 Å². The third-order valence-corrected chi connectivity index (χ3v) is 7.63. The summed E-state index contributed by atoms with van der Waals surface area (Å²) in [6.07, 6.45) is 7.05. The Hall–Kier alpha value is -1.90. The molecule has 2 aromatic carbocycles. The molecular formula is C23H22Br2ClN3O3. The molecule has 0 saturated heterocycles. The lowest BCUT2D eigenvalue weighted by atomic mass is 9.88. The predicted octanol–water partition coefficient (Wildman–Crippen LogP) is 6.52. The number of rotatable bonds is 5. The second kappa shape index (κ2) is 9.93. The van der Waals surface area contributed by atoms with Gasteiger partial charge in [-0.15, -0.1) is 0 Å². The maximum atomic E-state index is 13.4. The fourth-order valence-corrected chi connectivity index (χ4v) is 5.10. The Morgan fingerprint density at radius 1 is 1.16 bits per heavy atom. The van der Waals surface area contributed by atoms with E-state index in [-0.39, 0.29) is 11.5 Å². The van der Waals surface area contributed by atoms with Crippen molar-refractivity contribution >= 4 is 60.6 Å². The van der Waals surface area contributed by atoms with E-state index in [1.807, 2.05) is 12.1 Å². The topological polar surface area (TPSA) is 65.7 Å². The first-order chi connectivity index (χ1) is 15.4. The molecule has 1 aliphatic rings. The van der Waals surface area contributed by atoms with Crippen LogP contribution >= 0.6 is 43.5 Å². The number of benzene rings is 2. The summed E-state index contributed by atoms with van der Waals surface area (Å²) in [6, 6.07) is 7.31. The van der Waals surface area contributed by atoms with E-state index in [0.29, 0.717) is 43.3 Å². The number of methoxy groups -OCH3 is 2. The minimum atomic E-state index is -0.198. The first-order valence-corrected chi connectivity index (χ1v) is 12.3. The van der Waals surface area contributed by atoms with Crippen LogP contribution in [0.4, 0.5) is 0 Å². The summed E-state index contributed by atoms with van der Waals surface area (Å²) in [7, 11) is 3.07. The Morgan fingerprint density at radius 3 is 2.59 bits per heavy atom. The Labute approximate surface area is 207 Å². The van der Waals surface area contributed by atoms with Crippen molar-refractivity contribution in [3.63, 3.8) is 0 Å². The maximum Gasteiger partial charge on any atom is 0.282 e. The van der Waals surface area contributed by atoms with Crippen LogP contribution in [0.3, 0.4) is 0 Å². The highest BCUT2D eigenvalue weighted by atomic mass is 79.9. The van der Waals surface area contributed by atoms with Gasteiger partial charge in [0.15, 0.2) is 11.5 Å². The summed E-state index contributed by atoms with van der Waals surface area (Å²) in [6.45, 7) is 0. The largest absolute Gasteiger partial charge is 0.493 e. The molecule has 0 bridgehead atoms. The molecule has 0 spiro atoms. The number of ether oxygens (including phenoxy) is 2. The van der Waals surface area contributed by atoms with Gasteiger partial charge in [-0.1, -0.05) is 46.8 Å². The molecular weight excluding hydrogens is 562 g/mol.